The van der Waals surface area contributed by atoms with Gasteiger partial charge in [-0.25, -0.2) is 0 Å². The molecule has 0 saturated carbocycles. The zero-order valence-corrected chi connectivity index (χ0v) is 13.8. The molecule has 1 rings (SSSR count). The van der Waals surface area contributed by atoms with Crippen molar-refractivity contribution in [1.82, 2.24) is 4.90 Å². The highest BCUT2D eigenvalue weighted by atomic mass is 32.1. The Balaban J connectivity index is 2.13. The van der Waals surface area contributed by atoms with Gasteiger partial charge in [-0.05, 0) is 17.9 Å². The van der Waals surface area contributed by atoms with Crippen molar-refractivity contribution in [2.24, 2.45) is 0 Å². The van der Waals surface area contributed by atoms with Crippen LogP contribution >= 0.6 is 11.3 Å². The van der Waals surface area contributed by atoms with Crippen LogP contribution in [0.5, 0.6) is 0 Å². The second kappa shape index (κ2) is 10.4. The standard InChI is InChI=1S/C16H25NO3S/c1-3-4-5-6-7-10-20-16(19)13-17(2)15(18)12-14-9-8-11-21-14/h8-9,11H,3-7,10,12-13H2,1-2H3. The number of ether oxygens (including phenoxy) is 1. The summed E-state index contributed by atoms with van der Waals surface area (Å²) in [4.78, 5) is 26.0. The fraction of sp³-hybridized carbons (Fsp3) is 0.625. The molecule has 0 atom stereocenters. The van der Waals surface area contributed by atoms with E-state index in [1.165, 1.54) is 24.2 Å². The molecule has 0 aliphatic heterocycles. The van der Waals surface area contributed by atoms with Gasteiger partial charge in [0.15, 0.2) is 0 Å². The Morgan fingerprint density at radius 1 is 1.24 bits per heavy atom. The third kappa shape index (κ3) is 7.85. The lowest BCUT2D eigenvalue weighted by Crippen LogP contribution is -2.34. The first kappa shape index (κ1) is 17.7. The van der Waals surface area contributed by atoms with Crippen molar-refractivity contribution < 1.29 is 14.3 Å². The monoisotopic (exact) mass is 311 g/mol. The molecule has 0 aliphatic rings. The Labute approximate surface area is 131 Å². The molecule has 1 heterocycles. The van der Waals surface area contributed by atoms with Gasteiger partial charge < -0.3 is 9.64 Å². The third-order valence-electron chi connectivity index (χ3n) is 3.21. The minimum absolute atomic E-state index is 0.0270. The number of unbranched alkanes of at least 4 members (excludes halogenated alkanes) is 4. The van der Waals surface area contributed by atoms with Crippen molar-refractivity contribution >= 4 is 23.2 Å². The average Bonchev–Trinajstić information content (AvgIpc) is 2.95. The molecule has 118 valence electrons. The third-order valence-corrected chi connectivity index (χ3v) is 4.08. The van der Waals surface area contributed by atoms with Crippen LogP contribution in [0.2, 0.25) is 0 Å². The summed E-state index contributed by atoms with van der Waals surface area (Å²) in [6.07, 6.45) is 5.96. The number of carbonyl (C=O) groups excluding carboxylic acids is 2. The molecule has 0 saturated heterocycles. The second-order valence-electron chi connectivity index (χ2n) is 5.14. The molecular formula is C16H25NO3S. The molecule has 4 nitrogen and oxygen atoms in total. The van der Waals surface area contributed by atoms with Crippen molar-refractivity contribution in [3.8, 4) is 0 Å². The van der Waals surface area contributed by atoms with Crippen molar-refractivity contribution in [3.05, 3.63) is 22.4 Å². The van der Waals surface area contributed by atoms with Gasteiger partial charge in [-0.1, -0.05) is 38.7 Å². The number of thiophene rings is 1. The van der Waals surface area contributed by atoms with Gasteiger partial charge in [-0.2, -0.15) is 0 Å². The summed E-state index contributed by atoms with van der Waals surface area (Å²) in [7, 11) is 1.64. The van der Waals surface area contributed by atoms with Crippen LogP contribution in [-0.2, 0) is 20.7 Å². The van der Waals surface area contributed by atoms with Crippen LogP contribution in [0.4, 0.5) is 0 Å². The van der Waals surface area contributed by atoms with E-state index in [0.29, 0.717) is 13.0 Å². The van der Waals surface area contributed by atoms with E-state index in [0.717, 1.165) is 17.7 Å². The molecule has 0 bridgehead atoms. The average molecular weight is 311 g/mol. The number of esters is 1. The van der Waals surface area contributed by atoms with Gasteiger partial charge >= 0.3 is 5.97 Å². The zero-order valence-electron chi connectivity index (χ0n) is 13.0. The molecule has 0 fully saturated rings. The van der Waals surface area contributed by atoms with Crippen LogP contribution in [0.25, 0.3) is 0 Å². The van der Waals surface area contributed by atoms with E-state index in [4.69, 9.17) is 4.74 Å². The highest BCUT2D eigenvalue weighted by molar-refractivity contribution is 7.10. The van der Waals surface area contributed by atoms with Gasteiger partial charge in [0.1, 0.15) is 6.54 Å². The lowest BCUT2D eigenvalue weighted by atomic mass is 10.2. The first-order valence-electron chi connectivity index (χ1n) is 7.55. The summed E-state index contributed by atoms with van der Waals surface area (Å²) < 4.78 is 5.15. The zero-order chi connectivity index (χ0) is 15.5. The number of likely N-dealkylation sites (N-methyl/N-ethyl adjacent to an activating group) is 1. The number of carbonyl (C=O) groups is 2. The van der Waals surface area contributed by atoms with Crippen LogP contribution in [-0.4, -0.2) is 37.0 Å². The minimum atomic E-state index is -0.326. The Hall–Kier alpha value is -1.36. The SMILES string of the molecule is CCCCCCCOC(=O)CN(C)C(=O)Cc1cccs1. The number of hydrogen-bond acceptors (Lipinski definition) is 4. The summed E-state index contributed by atoms with van der Waals surface area (Å²) in [5.74, 6) is -0.384. The minimum Gasteiger partial charge on any atom is -0.464 e. The fourth-order valence-corrected chi connectivity index (χ4v) is 2.61. The van der Waals surface area contributed by atoms with Gasteiger partial charge in [0.2, 0.25) is 5.91 Å². The number of amides is 1. The van der Waals surface area contributed by atoms with Crippen molar-refractivity contribution in [2.75, 3.05) is 20.2 Å². The van der Waals surface area contributed by atoms with Crippen molar-refractivity contribution in [3.63, 3.8) is 0 Å². The van der Waals surface area contributed by atoms with E-state index in [9.17, 15) is 9.59 Å². The molecule has 0 aliphatic carbocycles. The van der Waals surface area contributed by atoms with Crippen LogP contribution in [0.15, 0.2) is 17.5 Å². The molecule has 0 aromatic carbocycles. The molecule has 21 heavy (non-hydrogen) atoms. The van der Waals surface area contributed by atoms with E-state index in [2.05, 4.69) is 6.92 Å². The van der Waals surface area contributed by atoms with E-state index in [1.54, 1.807) is 18.4 Å². The Kier molecular flexibility index (Phi) is 8.74. The lowest BCUT2D eigenvalue weighted by molar-refractivity contribution is -0.148. The predicted octanol–water partition coefficient (Wildman–Crippen LogP) is 3.26. The lowest BCUT2D eigenvalue weighted by Gasteiger charge is -2.15. The molecule has 1 aromatic heterocycles. The normalized spacial score (nSPS) is 10.4. The maximum atomic E-state index is 11.9. The van der Waals surface area contributed by atoms with E-state index >= 15 is 0 Å². The fourth-order valence-electron chi connectivity index (χ4n) is 1.92. The van der Waals surface area contributed by atoms with Crippen LogP contribution in [0.3, 0.4) is 0 Å². The van der Waals surface area contributed by atoms with Crippen molar-refractivity contribution in [2.45, 2.75) is 45.4 Å². The van der Waals surface area contributed by atoms with E-state index in [-0.39, 0.29) is 18.4 Å². The van der Waals surface area contributed by atoms with Crippen LogP contribution < -0.4 is 0 Å². The largest absolute Gasteiger partial charge is 0.464 e. The first-order valence-corrected chi connectivity index (χ1v) is 8.43. The molecule has 0 spiro atoms. The first-order chi connectivity index (χ1) is 10.1. The predicted molar refractivity (Wildman–Crippen MR) is 85.4 cm³/mol. The van der Waals surface area contributed by atoms with Gasteiger partial charge in [0.05, 0.1) is 13.0 Å². The molecule has 0 radical (unpaired) electrons. The number of rotatable bonds is 10. The highest BCUT2D eigenvalue weighted by Gasteiger charge is 2.14. The highest BCUT2D eigenvalue weighted by Crippen LogP contribution is 2.10. The maximum Gasteiger partial charge on any atom is 0.325 e. The molecule has 0 N–H and O–H groups in total. The Bertz CT molecular complexity index is 417. The summed E-state index contributed by atoms with van der Waals surface area (Å²) >= 11 is 1.55. The molecular weight excluding hydrogens is 286 g/mol. The molecule has 1 aromatic rings. The molecule has 1 amide bonds. The van der Waals surface area contributed by atoms with Gasteiger partial charge in [0, 0.05) is 11.9 Å². The summed E-state index contributed by atoms with van der Waals surface area (Å²) in [6.45, 7) is 2.65. The van der Waals surface area contributed by atoms with Crippen LogP contribution in [0, 0.1) is 0 Å². The summed E-state index contributed by atoms with van der Waals surface area (Å²) in [5.41, 5.74) is 0. The Morgan fingerprint density at radius 2 is 2.00 bits per heavy atom. The smallest absolute Gasteiger partial charge is 0.325 e. The van der Waals surface area contributed by atoms with Gasteiger partial charge in [0.25, 0.3) is 0 Å². The van der Waals surface area contributed by atoms with E-state index < -0.39 is 0 Å². The molecule has 0 unspecified atom stereocenters. The number of nitrogens with zero attached hydrogens (tertiary/aromatic N) is 1. The topological polar surface area (TPSA) is 46.6 Å². The van der Waals surface area contributed by atoms with Gasteiger partial charge in [-0.3, -0.25) is 9.59 Å². The quantitative estimate of drug-likeness (QED) is 0.492. The second-order valence-corrected chi connectivity index (χ2v) is 6.17. The van der Waals surface area contributed by atoms with Crippen LogP contribution in [0.1, 0.15) is 43.9 Å². The van der Waals surface area contributed by atoms with Gasteiger partial charge in [-0.15, -0.1) is 11.3 Å². The Morgan fingerprint density at radius 3 is 2.67 bits per heavy atom. The maximum absolute atomic E-state index is 11.9. The summed E-state index contributed by atoms with van der Waals surface area (Å²) in [6, 6.07) is 3.84. The molecule has 5 heteroatoms. The summed E-state index contributed by atoms with van der Waals surface area (Å²) in [5, 5.41) is 1.94. The van der Waals surface area contributed by atoms with Crippen molar-refractivity contribution in [1.29, 1.82) is 0 Å². The van der Waals surface area contributed by atoms with E-state index in [1.807, 2.05) is 17.5 Å². The number of hydrogen-bond donors (Lipinski definition) is 0.